The molecular formula is C20H22ClNO3S. The predicted octanol–water partition coefficient (Wildman–Crippen LogP) is 4.21. The highest BCUT2D eigenvalue weighted by molar-refractivity contribution is 7.99. The zero-order valence-electron chi connectivity index (χ0n) is 14.7. The van der Waals surface area contributed by atoms with Crippen molar-refractivity contribution in [2.75, 3.05) is 5.75 Å². The molecule has 2 unspecified atom stereocenters. The molecule has 2 atom stereocenters. The maximum absolute atomic E-state index is 12.9. The average Bonchev–Trinajstić information content (AvgIpc) is 2.60. The molecule has 26 heavy (non-hydrogen) atoms. The standard InChI is InChI=1S/C20H22ClNO3S/c1-20(2,24)18(25-14-6-4-3-5-7-14)19(23)22-16-10-11-26-17-9-8-13(21)12-15(16)17/h3-9,12,16,18,24H,10-11H2,1-2H3,(H,22,23). The number of benzene rings is 2. The summed E-state index contributed by atoms with van der Waals surface area (Å²) in [5, 5.41) is 14.1. The molecule has 0 spiro atoms. The number of para-hydroxylation sites is 1. The first-order chi connectivity index (χ1) is 12.3. The van der Waals surface area contributed by atoms with Gasteiger partial charge in [0.1, 0.15) is 11.4 Å². The number of hydrogen-bond donors (Lipinski definition) is 2. The van der Waals surface area contributed by atoms with E-state index in [1.54, 1.807) is 37.7 Å². The fourth-order valence-electron chi connectivity index (χ4n) is 2.92. The number of amides is 1. The molecule has 0 radical (unpaired) electrons. The van der Waals surface area contributed by atoms with Crippen LogP contribution in [0.2, 0.25) is 5.02 Å². The number of fused-ring (bicyclic) bond motifs is 1. The Morgan fingerprint density at radius 1 is 1.31 bits per heavy atom. The van der Waals surface area contributed by atoms with Crippen molar-refractivity contribution < 1.29 is 14.6 Å². The summed E-state index contributed by atoms with van der Waals surface area (Å²) in [5.74, 6) is 1.10. The third kappa shape index (κ3) is 4.53. The van der Waals surface area contributed by atoms with Crippen LogP contribution in [0.5, 0.6) is 5.75 Å². The van der Waals surface area contributed by atoms with Crippen LogP contribution in [0.15, 0.2) is 53.4 Å². The highest BCUT2D eigenvalue weighted by Crippen LogP contribution is 2.37. The number of halogens is 1. The van der Waals surface area contributed by atoms with Crippen LogP contribution in [-0.4, -0.2) is 28.5 Å². The van der Waals surface area contributed by atoms with E-state index in [2.05, 4.69) is 5.32 Å². The molecule has 2 aromatic rings. The van der Waals surface area contributed by atoms with Crippen LogP contribution in [0, 0.1) is 0 Å². The van der Waals surface area contributed by atoms with Gasteiger partial charge in [0.15, 0.2) is 0 Å². The molecule has 2 aromatic carbocycles. The largest absolute Gasteiger partial charge is 0.478 e. The van der Waals surface area contributed by atoms with Gasteiger partial charge in [-0.15, -0.1) is 11.8 Å². The Morgan fingerprint density at radius 3 is 2.73 bits per heavy atom. The molecule has 0 saturated heterocycles. The number of ether oxygens (including phenoxy) is 1. The second kappa shape index (κ2) is 7.91. The number of thioether (sulfide) groups is 1. The van der Waals surface area contributed by atoms with Crippen LogP contribution < -0.4 is 10.1 Å². The molecule has 0 fully saturated rings. The van der Waals surface area contributed by atoms with Crippen molar-refractivity contribution in [1.29, 1.82) is 0 Å². The van der Waals surface area contributed by atoms with Gasteiger partial charge in [-0.2, -0.15) is 0 Å². The molecule has 0 aliphatic carbocycles. The SMILES string of the molecule is CC(C)(O)C(Oc1ccccc1)C(=O)NC1CCSc2ccc(Cl)cc21. The fraction of sp³-hybridized carbons (Fsp3) is 0.350. The maximum atomic E-state index is 12.9. The lowest BCUT2D eigenvalue weighted by molar-refractivity contribution is -0.139. The van der Waals surface area contributed by atoms with Gasteiger partial charge in [-0.05, 0) is 56.2 Å². The van der Waals surface area contributed by atoms with Gasteiger partial charge in [-0.1, -0.05) is 29.8 Å². The molecule has 1 aliphatic heterocycles. The first-order valence-corrected chi connectivity index (χ1v) is 9.87. The lowest BCUT2D eigenvalue weighted by Crippen LogP contribution is -2.52. The molecule has 138 valence electrons. The molecule has 0 bridgehead atoms. The van der Waals surface area contributed by atoms with Gasteiger partial charge >= 0.3 is 0 Å². The van der Waals surface area contributed by atoms with E-state index in [0.29, 0.717) is 10.8 Å². The van der Waals surface area contributed by atoms with Crippen molar-refractivity contribution >= 4 is 29.3 Å². The Hall–Kier alpha value is -1.69. The van der Waals surface area contributed by atoms with Gasteiger partial charge in [-0.25, -0.2) is 0 Å². The second-order valence-corrected chi connectivity index (χ2v) is 8.42. The second-order valence-electron chi connectivity index (χ2n) is 6.85. The molecule has 0 aromatic heterocycles. The van der Waals surface area contributed by atoms with Gasteiger partial charge in [-0.3, -0.25) is 4.79 Å². The van der Waals surface area contributed by atoms with Crippen LogP contribution in [-0.2, 0) is 4.79 Å². The highest BCUT2D eigenvalue weighted by atomic mass is 35.5. The lowest BCUT2D eigenvalue weighted by atomic mass is 9.98. The molecule has 2 N–H and O–H groups in total. The Labute approximate surface area is 162 Å². The van der Waals surface area contributed by atoms with E-state index in [0.717, 1.165) is 22.6 Å². The fourth-order valence-corrected chi connectivity index (χ4v) is 4.20. The number of nitrogens with one attached hydrogen (secondary N) is 1. The summed E-state index contributed by atoms with van der Waals surface area (Å²) < 4.78 is 5.80. The predicted molar refractivity (Wildman–Crippen MR) is 105 cm³/mol. The minimum Gasteiger partial charge on any atom is -0.478 e. The number of carbonyl (C=O) groups excluding carboxylic acids is 1. The maximum Gasteiger partial charge on any atom is 0.264 e. The summed E-state index contributed by atoms with van der Waals surface area (Å²) in [4.78, 5) is 14.0. The number of hydrogen-bond acceptors (Lipinski definition) is 4. The third-order valence-corrected chi connectivity index (χ3v) is 5.56. The molecule has 1 aliphatic rings. The number of aliphatic hydroxyl groups is 1. The van der Waals surface area contributed by atoms with E-state index in [9.17, 15) is 9.90 Å². The van der Waals surface area contributed by atoms with Gasteiger partial charge in [0.25, 0.3) is 5.91 Å². The quantitative estimate of drug-likeness (QED) is 0.801. The Kier molecular flexibility index (Phi) is 5.80. The molecule has 4 nitrogen and oxygen atoms in total. The lowest BCUT2D eigenvalue weighted by Gasteiger charge is -2.32. The normalized spacial score (nSPS) is 17.9. The monoisotopic (exact) mass is 391 g/mol. The minimum atomic E-state index is -1.33. The zero-order chi connectivity index (χ0) is 18.7. The van der Waals surface area contributed by atoms with Crippen molar-refractivity contribution in [3.05, 3.63) is 59.1 Å². The average molecular weight is 392 g/mol. The molecule has 3 rings (SSSR count). The molecule has 0 saturated carbocycles. The first kappa shape index (κ1) is 19.1. The van der Waals surface area contributed by atoms with Crippen LogP contribution in [0.4, 0.5) is 0 Å². The highest BCUT2D eigenvalue weighted by Gasteiger charge is 2.37. The van der Waals surface area contributed by atoms with E-state index in [-0.39, 0.29) is 11.9 Å². The van der Waals surface area contributed by atoms with Crippen LogP contribution in [0.25, 0.3) is 0 Å². The Bertz CT molecular complexity index is 776. The van der Waals surface area contributed by atoms with Crippen molar-refractivity contribution in [2.45, 2.75) is 42.9 Å². The Balaban J connectivity index is 1.80. The Morgan fingerprint density at radius 2 is 2.04 bits per heavy atom. The van der Waals surface area contributed by atoms with Gasteiger partial charge < -0.3 is 15.2 Å². The van der Waals surface area contributed by atoms with E-state index >= 15 is 0 Å². The van der Waals surface area contributed by atoms with E-state index in [4.69, 9.17) is 16.3 Å². The van der Waals surface area contributed by atoms with Crippen LogP contribution in [0.1, 0.15) is 31.9 Å². The summed E-state index contributed by atoms with van der Waals surface area (Å²) in [6, 6.07) is 14.6. The van der Waals surface area contributed by atoms with Gasteiger partial charge in [0.2, 0.25) is 6.10 Å². The summed E-state index contributed by atoms with van der Waals surface area (Å²) in [5.41, 5.74) is -0.322. The zero-order valence-corrected chi connectivity index (χ0v) is 16.3. The summed E-state index contributed by atoms with van der Waals surface area (Å²) in [7, 11) is 0. The molecule has 1 heterocycles. The molecular weight excluding hydrogens is 370 g/mol. The van der Waals surface area contributed by atoms with Crippen molar-refractivity contribution in [1.82, 2.24) is 5.32 Å². The van der Waals surface area contributed by atoms with E-state index in [1.807, 2.05) is 36.4 Å². The number of carbonyl (C=O) groups is 1. The first-order valence-electron chi connectivity index (χ1n) is 8.51. The van der Waals surface area contributed by atoms with E-state index < -0.39 is 11.7 Å². The summed E-state index contributed by atoms with van der Waals surface area (Å²) in [6.07, 6.45) is -0.227. The number of rotatable bonds is 5. The smallest absolute Gasteiger partial charge is 0.264 e. The van der Waals surface area contributed by atoms with Gasteiger partial charge in [0.05, 0.1) is 6.04 Å². The van der Waals surface area contributed by atoms with E-state index in [1.165, 1.54) is 0 Å². The van der Waals surface area contributed by atoms with Crippen molar-refractivity contribution in [3.63, 3.8) is 0 Å². The minimum absolute atomic E-state index is 0.151. The van der Waals surface area contributed by atoms with Crippen molar-refractivity contribution in [2.24, 2.45) is 0 Å². The summed E-state index contributed by atoms with van der Waals surface area (Å²) >= 11 is 7.89. The third-order valence-electron chi connectivity index (χ3n) is 4.20. The molecule has 1 amide bonds. The topological polar surface area (TPSA) is 58.6 Å². The van der Waals surface area contributed by atoms with Crippen LogP contribution in [0.3, 0.4) is 0 Å². The van der Waals surface area contributed by atoms with Crippen molar-refractivity contribution in [3.8, 4) is 5.75 Å². The van der Waals surface area contributed by atoms with Crippen LogP contribution >= 0.6 is 23.4 Å². The molecule has 6 heteroatoms. The summed E-state index contributed by atoms with van der Waals surface area (Å²) in [6.45, 7) is 3.14. The van der Waals surface area contributed by atoms with Gasteiger partial charge in [0, 0.05) is 15.7 Å².